The second kappa shape index (κ2) is 4.13. The smallest absolute Gasteiger partial charge is 0.170 e. The van der Waals surface area contributed by atoms with Crippen LogP contribution in [0.4, 0.5) is 0 Å². The normalized spacial score (nSPS) is 20.7. The molecule has 2 rings (SSSR count). The highest BCUT2D eigenvalue weighted by molar-refractivity contribution is 7.91. The summed E-state index contributed by atoms with van der Waals surface area (Å²) in [6.45, 7) is 4.43. The van der Waals surface area contributed by atoms with Gasteiger partial charge in [0, 0.05) is 18.3 Å². The molecule has 1 aromatic rings. The molecule has 2 heterocycles. The summed E-state index contributed by atoms with van der Waals surface area (Å²) >= 11 is -1.01. The Morgan fingerprint density at radius 3 is 3.27 bits per heavy atom. The maximum absolute atomic E-state index is 11.7. The zero-order valence-electron chi connectivity index (χ0n) is 8.35. The number of nitrogens with zero attached hydrogens (tertiary/aromatic N) is 2. The van der Waals surface area contributed by atoms with Crippen molar-refractivity contribution in [3.05, 3.63) is 30.6 Å². The van der Waals surface area contributed by atoms with Crippen LogP contribution in [0, 0.1) is 11.3 Å². The lowest BCUT2D eigenvalue weighted by Gasteiger charge is -2.04. The number of rotatable bonds is 3. The molecule has 0 aliphatic carbocycles. The number of fused-ring (bicyclic) bond motifs is 1. The molecule has 1 aliphatic heterocycles. The average molecular weight is 220 g/mol. The molecule has 78 valence electrons. The maximum Gasteiger partial charge on any atom is 0.170 e. The van der Waals surface area contributed by atoms with Crippen LogP contribution in [0.2, 0.25) is 0 Å². The first-order valence-electron chi connectivity index (χ1n) is 4.85. The Bertz CT molecular complexity index is 419. The summed E-state index contributed by atoms with van der Waals surface area (Å²) in [6.07, 6.45) is 4.42. The molecule has 0 radical (unpaired) electrons. The quantitative estimate of drug-likeness (QED) is 0.576. The van der Waals surface area contributed by atoms with Crippen LogP contribution >= 0.6 is 0 Å². The first-order chi connectivity index (χ1) is 7.26. The molecule has 4 heteroatoms. The summed E-state index contributed by atoms with van der Waals surface area (Å²) in [6, 6.07) is 4.15. The van der Waals surface area contributed by atoms with Gasteiger partial charge in [-0.25, -0.2) is 0 Å². The van der Waals surface area contributed by atoms with Crippen LogP contribution in [0.5, 0.6) is 0 Å². The number of aromatic nitrogens is 1. The van der Waals surface area contributed by atoms with E-state index in [1.165, 1.54) is 0 Å². The van der Waals surface area contributed by atoms with Gasteiger partial charge in [-0.1, -0.05) is 6.58 Å². The summed E-state index contributed by atoms with van der Waals surface area (Å²) in [5.74, 6) is 0.445. The largest absolute Gasteiger partial charge is 0.611 e. The van der Waals surface area contributed by atoms with E-state index >= 15 is 0 Å². The SMILES string of the molecule is C=CC[S+]([O-])c1cc2n(c1)CCC2C#N. The van der Waals surface area contributed by atoms with Crippen LogP contribution in [-0.2, 0) is 17.7 Å². The van der Waals surface area contributed by atoms with Crippen LogP contribution in [0.25, 0.3) is 0 Å². The molecular formula is C11H12N2OS. The summed E-state index contributed by atoms with van der Waals surface area (Å²) in [4.78, 5) is 0.810. The molecular weight excluding hydrogens is 208 g/mol. The van der Waals surface area contributed by atoms with E-state index in [0.717, 1.165) is 23.6 Å². The zero-order chi connectivity index (χ0) is 10.8. The van der Waals surface area contributed by atoms with Gasteiger partial charge in [-0.15, -0.1) is 0 Å². The van der Waals surface area contributed by atoms with Gasteiger partial charge in [0.15, 0.2) is 4.90 Å². The van der Waals surface area contributed by atoms with Crippen LogP contribution in [0.3, 0.4) is 0 Å². The van der Waals surface area contributed by atoms with E-state index < -0.39 is 11.2 Å². The summed E-state index contributed by atoms with van der Waals surface area (Å²) in [7, 11) is 0. The van der Waals surface area contributed by atoms with Gasteiger partial charge in [0.05, 0.1) is 18.2 Å². The highest BCUT2D eigenvalue weighted by atomic mass is 32.2. The van der Waals surface area contributed by atoms with Gasteiger partial charge in [0.25, 0.3) is 0 Å². The number of hydrogen-bond donors (Lipinski definition) is 0. The third-order valence-corrected chi connectivity index (χ3v) is 3.90. The van der Waals surface area contributed by atoms with Gasteiger partial charge in [-0.05, 0) is 23.7 Å². The van der Waals surface area contributed by atoms with Gasteiger partial charge in [0.1, 0.15) is 5.75 Å². The van der Waals surface area contributed by atoms with E-state index in [4.69, 9.17) is 5.26 Å². The topological polar surface area (TPSA) is 51.8 Å². The summed E-state index contributed by atoms with van der Waals surface area (Å²) < 4.78 is 13.7. The number of nitriles is 1. The Labute approximate surface area is 92.2 Å². The van der Waals surface area contributed by atoms with E-state index in [-0.39, 0.29) is 5.92 Å². The van der Waals surface area contributed by atoms with Crippen molar-refractivity contribution in [1.82, 2.24) is 4.57 Å². The Balaban J connectivity index is 2.25. The molecule has 1 aromatic heterocycles. The van der Waals surface area contributed by atoms with Crippen molar-refractivity contribution in [2.45, 2.75) is 23.8 Å². The van der Waals surface area contributed by atoms with Gasteiger partial charge >= 0.3 is 0 Å². The number of aryl methyl sites for hydroxylation is 1. The van der Waals surface area contributed by atoms with Crippen LogP contribution in [0.1, 0.15) is 18.0 Å². The van der Waals surface area contributed by atoms with Crippen molar-refractivity contribution in [3.8, 4) is 6.07 Å². The van der Waals surface area contributed by atoms with Gasteiger partial charge in [-0.3, -0.25) is 0 Å². The van der Waals surface area contributed by atoms with E-state index in [1.54, 1.807) is 6.08 Å². The van der Waals surface area contributed by atoms with Crippen molar-refractivity contribution in [2.75, 3.05) is 5.75 Å². The Morgan fingerprint density at radius 2 is 2.60 bits per heavy atom. The van der Waals surface area contributed by atoms with Crippen molar-refractivity contribution >= 4 is 11.2 Å². The minimum atomic E-state index is -1.01. The lowest BCUT2D eigenvalue weighted by atomic mass is 10.1. The molecule has 15 heavy (non-hydrogen) atoms. The Hall–Kier alpha value is -1.18. The van der Waals surface area contributed by atoms with E-state index in [0.29, 0.717) is 5.75 Å². The minimum Gasteiger partial charge on any atom is -0.611 e. The van der Waals surface area contributed by atoms with Gasteiger partial charge < -0.3 is 9.12 Å². The van der Waals surface area contributed by atoms with Crippen molar-refractivity contribution in [1.29, 1.82) is 5.26 Å². The van der Waals surface area contributed by atoms with E-state index in [2.05, 4.69) is 12.6 Å². The molecule has 0 spiro atoms. The monoisotopic (exact) mass is 220 g/mol. The van der Waals surface area contributed by atoms with E-state index in [9.17, 15) is 4.55 Å². The molecule has 0 fully saturated rings. The molecule has 0 N–H and O–H groups in total. The predicted octanol–water partition coefficient (Wildman–Crippen LogP) is 1.79. The molecule has 0 saturated heterocycles. The highest BCUT2D eigenvalue weighted by Gasteiger charge is 2.26. The molecule has 2 atom stereocenters. The molecule has 1 aliphatic rings. The van der Waals surface area contributed by atoms with Crippen molar-refractivity contribution in [3.63, 3.8) is 0 Å². The summed E-state index contributed by atoms with van der Waals surface area (Å²) in [5, 5.41) is 8.91. The predicted molar refractivity (Wildman–Crippen MR) is 58.9 cm³/mol. The van der Waals surface area contributed by atoms with Crippen LogP contribution < -0.4 is 0 Å². The lowest BCUT2D eigenvalue weighted by molar-refractivity contribution is 0.597. The first-order valence-corrected chi connectivity index (χ1v) is 6.17. The fourth-order valence-electron chi connectivity index (χ4n) is 1.86. The summed E-state index contributed by atoms with van der Waals surface area (Å²) in [5.41, 5.74) is 1.00. The average Bonchev–Trinajstić information content (AvgIpc) is 2.76. The maximum atomic E-state index is 11.7. The van der Waals surface area contributed by atoms with Crippen molar-refractivity contribution < 1.29 is 4.55 Å². The minimum absolute atomic E-state index is 0.0283. The standard InChI is InChI=1S/C11H12N2OS/c1-2-5-15(14)10-6-11-9(7-12)3-4-13(11)8-10/h2,6,8-9H,1,3-5H2. The molecule has 3 nitrogen and oxygen atoms in total. The molecule has 0 aromatic carbocycles. The third kappa shape index (κ3) is 1.81. The van der Waals surface area contributed by atoms with Crippen LogP contribution in [0.15, 0.2) is 29.8 Å². The number of hydrogen-bond acceptors (Lipinski definition) is 2. The second-order valence-electron chi connectivity index (χ2n) is 3.57. The second-order valence-corrected chi connectivity index (χ2v) is 5.06. The third-order valence-electron chi connectivity index (χ3n) is 2.61. The molecule has 0 amide bonds. The van der Waals surface area contributed by atoms with Gasteiger partial charge in [0.2, 0.25) is 0 Å². The van der Waals surface area contributed by atoms with Gasteiger partial charge in [-0.2, -0.15) is 5.26 Å². The zero-order valence-corrected chi connectivity index (χ0v) is 9.17. The highest BCUT2D eigenvalue weighted by Crippen LogP contribution is 2.30. The molecule has 0 bridgehead atoms. The van der Waals surface area contributed by atoms with Crippen molar-refractivity contribution in [2.24, 2.45) is 0 Å². The Kier molecular flexibility index (Phi) is 2.85. The van der Waals surface area contributed by atoms with E-state index in [1.807, 2.05) is 16.8 Å². The lowest BCUT2D eigenvalue weighted by Crippen LogP contribution is -2.03. The van der Waals surface area contributed by atoms with Crippen LogP contribution in [-0.4, -0.2) is 14.9 Å². The fraction of sp³-hybridized carbons (Fsp3) is 0.364. The molecule has 0 saturated carbocycles. The fourth-order valence-corrected chi connectivity index (χ4v) is 2.77. The first kappa shape index (κ1) is 10.3. The molecule has 2 unspecified atom stereocenters. The Morgan fingerprint density at radius 1 is 1.80 bits per heavy atom.